The molecular weight excluding hydrogens is 372 g/mol. The monoisotopic (exact) mass is 396 g/mol. The van der Waals surface area contributed by atoms with E-state index in [1.54, 1.807) is 13.8 Å². The lowest BCUT2D eigenvalue weighted by Crippen LogP contribution is -2.78. The van der Waals surface area contributed by atoms with Gasteiger partial charge in [-0.25, -0.2) is 9.59 Å². The zero-order valence-corrected chi connectivity index (χ0v) is 15.8. The van der Waals surface area contributed by atoms with Crippen LogP contribution >= 0.6 is 0 Å². The molecule has 4 fully saturated rings. The van der Waals surface area contributed by atoms with E-state index in [0.717, 1.165) is 0 Å². The SMILES string of the molecule is CC1=CC(=O)O[C@@H]1[C@@]1(C)C[C@H]2OC(=O)[C@H](O)[C@@]3(O)[C@@H](C)[C@@H](O)[C@@]4(O)OC[C@]23[C@@H]14. The van der Waals surface area contributed by atoms with Crippen LogP contribution in [0.5, 0.6) is 0 Å². The summed E-state index contributed by atoms with van der Waals surface area (Å²) in [6.07, 6.45) is -3.56. The molecule has 28 heavy (non-hydrogen) atoms. The van der Waals surface area contributed by atoms with Crippen molar-refractivity contribution in [1.29, 1.82) is 0 Å². The Hall–Kier alpha value is -1.52. The van der Waals surface area contributed by atoms with E-state index in [4.69, 9.17) is 14.2 Å². The Bertz CT molecular complexity index is 824. The van der Waals surface area contributed by atoms with Crippen molar-refractivity contribution in [2.75, 3.05) is 6.61 Å². The van der Waals surface area contributed by atoms with Crippen LogP contribution in [0.3, 0.4) is 0 Å². The molecule has 9 heteroatoms. The molecule has 4 N–H and O–H groups in total. The summed E-state index contributed by atoms with van der Waals surface area (Å²) >= 11 is 0. The van der Waals surface area contributed by atoms with Crippen LogP contribution in [0.25, 0.3) is 0 Å². The van der Waals surface area contributed by atoms with Crippen LogP contribution < -0.4 is 0 Å². The molecule has 3 aliphatic heterocycles. The van der Waals surface area contributed by atoms with Gasteiger partial charge in [0.1, 0.15) is 23.9 Å². The highest BCUT2D eigenvalue weighted by Gasteiger charge is 2.88. The summed E-state index contributed by atoms with van der Waals surface area (Å²) in [4.78, 5) is 24.3. The molecular formula is C19H24O9. The molecule has 154 valence electrons. The number of carbonyl (C=O) groups excluding carboxylic acids is 2. The average molecular weight is 396 g/mol. The van der Waals surface area contributed by atoms with E-state index in [2.05, 4.69) is 0 Å². The van der Waals surface area contributed by atoms with Crippen molar-refractivity contribution >= 4 is 11.9 Å². The zero-order chi connectivity index (χ0) is 20.4. The number of hydrogen-bond acceptors (Lipinski definition) is 9. The van der Waals surface area contributed by atoms with E-state index >= 15 is 0 Å². The number of esters is 2. The molecule has 3 heterocycles. The lowest BCUT2D eigenvalue weighted by atomic mass is 9.48. The highest BCUT2D eigenvalue weighted by molar-refractivity contribution is 5.86. The summed E-state index contributed by atoms with van der Waals surface area (Å²) in [5.74, 6) is -5.56. The molecule has 0 aromatic carbocycles. The van der Waals surface area contributed by atoms with Crippen LogP contribution in [0.2, 0.25) is 0 Å². The van der Waals surface area contributed by atoms with Gasteiger partial charge in [0.25, 0.3) is 0 Å². The van der Waals surface area contributed by atoms with Crippen LogP contribution in [0.1, 0.15) is 27.2 Å². The molecule has 2 saturated heterocycles. The Morgan fingerprint density at radius 3 is 2.46 bits per heavy atom. The molecule has 10 atom stereocenters. The van der Waals surface area contributed by atoms with E-state index < -0.39 is 70.4 Å². The third-order valence-corrected chi connectivity index (χ3v) is 8.16. The van der Waals surface area contributed by atoms with Gasteiger partial charge in [0.15, 0.2) is 11.9 Å². The first kappa shape index (κ1) is 18.5. The summed E-state index contributed by atoms with van der Waals surface area (Å²) in [5, 5.41) is 44.7. The first-order valence-electron chi connectivity index (χ1n) is 9.48. The number of carbonyl (C=O) groups is 2. The maximum absolute atomic E-state index is 12.4. The van der Waals surface area contributed by atoms with Gasteiger partial charge in [-0.2, -0.15) is 0 Å². The fourth-order valence-corrected chi connectivity index (χ4v) is 7.15. The van der Waals surface area contributed by atoms with Crippen molar-refractivity contribution in [2.24, 2.45) is 22.7 Å². The van der Waals surface area contributed by atoms with Crippen molar-refractivity contribution in [2.45, 2.75) is 63.0 Å². The van der Waals surface area contributed by atoms with Gasteiger partial charge >= 0.3 is 11.9 Å². The maximum atomic E-state index is 12.4. The second kappa shape index (κ2) is 4.96. The van der Waals surface area contributed by atoms with E-state index in [-0.39, 0.29) is 13.0 Å². The van der Waals surface area contributed by atoms with Crippen LogP contribution in [0.15, 0.2) is 11.6 Å². The molecule has 2 aliphatic carbocycles. The van der Waals surface area contributed by atoms with Gasteiger partial charge in [0.2, 0.25) is 0 Å². The Morgan fingerprint density at radius 2 is 1.86 bits per heavy atom. The van der Waals surface area contributed by atoms with Crippen molar-refractivity contribution in [1.82, 2.24) is 0 Å². The number of ether oxygens (including phenoxy) is 3. The standard InChI is InChI=1S/C19H24O9/c1-7-4-10(20)28-13(7)16(3)5-9-17-6-26-19(25,15(16)17)11(21)8(2)18(17,24)12(22)14(23)27-9/h4,8-9,11-13,15,21-22,24-25H,5-6H2,1-3H3/t8-,9+,11+,12-,13-,15+,16+,17+,18-,19+/m0/s1. The molecule has 0 radical (unpaired) electrons. The third-order valence-electron chi connectivity index (χ3n) is 8.16. The predicted molar refractivity (Wildman–Crippen MR) is 89.2 cm³/mol. The lowest BCUT2D eigenvalue weighted by Gasteiger charge is -2.61. The maximum Gasteiger partial charge on any atom is 0.338 e. The Labute approximate surface area is 160 Å². The minimum atomic E-state index is -2.07. The van der Waals surface area contributed by atoms with Gasteiger partial charge in [0.05, 0.1) is 12.0 Å². The van der Waals surface area contributed by atoms with Crippen molar-refractivity contribution in [3.8, 4) is 0 Å². The van der Waals surface area contributed by atoms with Gasteiger partial charge in [-0.05, 0) is 18.9 Å². The second-order valence-electron chi connectivity index (χ2n) is 9.32. The third kappa shape index (κ3) is 1.61. The van der Waals surface area contributed by atoms with Crippen molar-refractivity contribution in [3.05, 3.63) is 11.6 Å². The van der Waals surface area contributed by atoms with Crippen LogP contribution in [-0.4, -0.2) is 74.8 Å². The number of cyclic esters (lactones) is 1. The van der Waals surface area contributed by atoms with Crippen molar-refractivity contribution in [3.63, 3.8) is 0 Å². The molecule has 9 nitrogen and oxygen atoms in total. The van der Waals surface area contributed by atoms with Crippen LogP contribution in [-0.2, 0) is 23.8 Å². The van der Waals surface area contributed by atoms with Gasteiger partial charge < -0.3 is 34.6 Å². The summed E-state index contributed by atoms with van der Waals surface area (Å²) in [6.45, 7) is 4.75. The predicted octanol–water partition coefficient (Wildman–Crippen LogP) is -1.38. The molecule has 2 bridgehead atoms. The van der Waals surface area contributed by atoms with Gasteiger partial charge in [0, 0.05) is 23.3 Å². The molecule has 1 spiro atoms. The topological polar surface area (TPSA) is 143 Å². The fourth-order valence-electron chi connectivity index (χ4n) is 7.15. The van der Waals surface area contributed by atoms with E-state index in [1.165, 1.54) is 13.0 Å². The highest BCUT2D eigenvalue weighted by Crippen LogP contribution is 2.75. The molecule has 2 saturated carbocycles. The Morgan fingerprint density at radius 1 is 1.18 bits per heavy atom. The minimum absolute atomic E-state index is 0.173. The van der Waals surface area contributed by atoms with Crippen LogP contribution in [0, 0.1) is 22.7 Å². The minimum Gasteiger partial charge on any atom is -0.460 e. The molecule has 0 unspecified atom stereocenters. The number of hydrogen-bond donors (Lipinski definition) is 4. The Balaban J connectivity index is 1.76. The molecule has 5 rings (SSSR count). The van der Waals surface area contributed by atoms with E-state index in [0.29, 0.717) is 5.57 Å². The molecule has 0 amide bonds. The van der Waals surface area contributed by atoms with E-state index in [1.807, 2.05) is 0 Å². The van der Waals surface area contributed by atoms with Crippen LogP contribution in [0.4, 0.5) is 0 Å². The molecule has 0 aromatic heterocycles. The second-order valence-corrected chi connectivity index (χ2v) is 9.32. The lowest BCUT2D eigenvalue weighted by molar-refractivity contribution is -0.338. The zero-order valence-electron chi connectivity index (χ0n) is 15.8. The first-order chi connectivity index (χ1) is 12.9. The summed E-state index contributed by atoms with van der Waals surface area (Å²) in [6, 6.07) is 0. The van der Waals surface area contributed by atoms with Gasteiger partial charge in [-0.15, -0.1) is 0 Å². The first-order valence-corrected chi connectivity index (χ1v) is 9.48. The number of aliphatic hydroxyl groups excluding tert-OH is 2. The molecule has 5 aliphatic rings. The summed E-state index contributed by atoms with van der Waals surface area (Å²) < 4.78 is 16.7. The van der Waals surface area contributed by atoms with Gasteiger partial charge in [-0.3, -0.25) is 0 Å². The summed E-state index contributed by atoms with van der Waals surface area (Å²) in [5.41, 5.74) is -3.80. The summed E-state index contributed by atoms with van der Waals surface area (Å²) in [7, 11) is 0. The smallest absolute Gasteiger partial charge is 0.338 e. The number of aliphatic hydroxyl groups is 4. The van der Waals surface area contributed by atoms with E-state index in [9.17, 15) is 30.0 Å². The highest BCUT2D eigenvalue weighted by atomic mass is 16.7. The largest absolute Gasteiger partial charge is 0.460 e. The van der Waals surface area contributed by atoms with Gasteiger partial charge in [-0.1, -0.05) is 13.8 Å². The molecule has 0 aromatic rings. The quantitative estimate of drug-likeness (QED) is 0.394. The number of rotatable bonds is 1. The average Bonchev–Trinajstić information content (AvgIpc) is 3.22. The normalized spacial score (nSPS) is 59.6. The van der Waals surface area contributed by atoms with Crippen molar-refractivity contribution < 1.29 is 44.2 Å². The fraction of sp³-hybridized carbons (Fsp3) is 0.789. The Kier molecular flexibility index (Phi) is 3.28.